The molecule has 0 aliphatic heterocycles. The molecule has 6 rings (SSSR count). The van der Waals surface area contributed by atoms with E-state index in [4.69, 9.17) is 4.74 Å². The number of hydrogen-bond acceptors (Lipinski definition) is 4. The molecule has 0 spiro atoms. The molecule has 4 aromatic carbocycles. The fourth-order valence-corrected chi connectivity index (χ4v) is 5.04. The van der Waals surface area contributed by atoms with Crippen molar-refractivity contribution >= 4 is 39.4 Å². The lowest BCUT2D eigenvalue weighted by Gasteiger charge is -2.08. The van der Waals surface area contributed by atoms with Crippen LogP contribution in [-0.4, -0.2) is 32.8 Å². The van der Waals surface area contributed by atoms with Gasteiger partial charge in [0.15, 0.2) is 6.61 Å². The van der Waals surface area contributed by atoms with Gasteiger partial charge in [-0.2, -0.15) is 5.10 Å². The van der Waals surface area contributed by atoms with Gasteiger partial charge in [0.25, 0.3) is 5.91 Å². The monoisotopic (exact) mass is 528 g/mol. The van der Waals surface area contributed by atoms with Gasteiger partial charge in [-0.15, -0.1) is 0 Å². The molecular weight excluding hydrogens is 500 g/mol. The molecule has 0 saturated heterocycles. The molecule has 0 fully saturated rings. The smallest absolute Gasteiger partial charge is 0.342 e. The van der Waals surface area contributed by atoms with Crippen molar-refractivity contribution in [2.24, 2.45) is 0 Å². The molecule has 0 bridgehead atoms. The molecule has 7 nitrogen and oxygen atoms in total. The summed E-state index contributed by atoms with van der Waals surface area (Å²) >= 11 is 0. The Bertz CT molecular complexity index is 1850. The van der Waals surface area contributed by atoms with Crippen LogP contribution in [0.2, 0.25) is 0 Å². The number of nitrogens with zero attached hydrogens (tertiary/aromatic N) is 3. The Morgan fingerprint density at radius 1 is 0.850 bits per heavy atom. The summed E-state index contributed by atoms with van der Waals surface area (Å²) in [5.74, 6) is -1.03. The molecule has 0 radical (unpaired) electrons. The van der Waals surface area contributed by atoms with Gasteiger partial charge in [-0.1, -0.05) is 66.2 Å². The van der Waals surface area contributed by atoms with E-state index >= 15 is 0 Å². The Balaban J connectivity index is 1.22. The number of anilines is 1. The van der Waals surface area contributed by atoms with Crippen molar-refractivity contribution in [2.75, 3.05) is 11.9 Å². The highest BCUT2D eigenvalue weighted by molar-refractivity contribution is 6.10. The number of para-hydroxylation sites is 2. The van der Waals surface area contributed by atoms with Crippen molar-refractivity contribution in [2.45, 2.75) is 20.4 Å². The van der Waals surface area contributed by atoms with Gasteiger partial charge in [0, 0.05) is 45.8 Å². The number of aryl methyl sites for hydroxylation is 2. The lowest BCUT2D eigenvalue weighted by Crippen LogP contribution is -2.21. The molecule has 2 aromatic heterocycles. The highest BCUT2D eigenvalue weighted by atomic mass is 16.5. The predicted molar refractivity (Wildman–Crippen MR) is 158 cm³/mol. The van der Waals surface area contributed by atoms with Crippen LogP contribution in [-0.2, 0) is 16.1 Å². The summed E-state index contributed by atoms with van der Waals surface area (Å²) in [6.45, 7) is 4.54. The Labute approximate surface area is 231 Å². The number of hydrogen-bond donors (Lipinski definition) is 1. The summed E-state index contributed by atoms with van der Waals surface area (Å²) in [4.78, 5) is 26.0. The van der Waals surface area contributed by atoms with E-state index in [2.05, 4.69) is 34.0 Å². The molecular formula is C33H28N4O3. The molecule has 0 aliphatic rings. The first-order valence-electron chi connectivity index (χ1n) is 13.2. The lowest BCUT2D eigenvalue weighted by molar-refractivity contribution is -0.119. The first-order valence-corrected chi connectivity index (χ1v) is 13.2. The van der Waals surface area contributed by atoms with E-state index in [0.29, 0.717) is 11.4 Å². The van der Waals surface area contributed by atoms with Crippen LogP contribution >= 0.6 is 0 Å². The van der Waals surface area contributed by atoms with Crippen LogP contribution in [0.4, 0.5) is 5.69 Å². The molecule has 2 heterocycles. The van der Waals surface area contributed by atoms with E-state index in [0.717, 1.165) is 45.2 Å². The van der Waals surface area contributed by atoms with Gasteiger partial charge in [-0.3, -0.25) is 4.79 Å². The number of rotatable bonds is 7. The molecule has 198 valence electrons. The number of aromatic nitrogens is 3. The first-order chi connectivity index (χ1) is 19.5. The van der Waals surface area contributed by atoms with E-state index in [1.165, 1.54) is 0 Å². The second-order valence-corrected chi connectivity index (χ2v) is 9.66. The highest BCUT2D eigenvalue weighted by Gasteiger charge is 2.21. The van der Waals surface area contributed by atoms with Crippen LogP contribution in [0.15, 0.2) is 103 Å². The van der Waals surface area contributed by atoms with Crippen molar-refractivity contribution in [3.63, 3.8) is 0 Å². The van der Waals surface area contributed by atoms with Crippen LogP contribution in [0.3, 0.4) is 0 Å². The third-order valence-electron chi connectivity index (χ3n) is 6.99. The number of fused-ring (bicyclic) bond motifs is 3. The minimum Gasteiger partial charge on any atom is -0.452 e. The largest absolute Gasteiger partial charge is 0.452 e. The average Bonchev–Trinajstić information content (AvgIpc) is 3.57. The van der Waals surface area contributed by atoms with E-state index in [9.17, 15) is 9.59 Å². The maximum Gasteiger partial charge on any atom is 0.342 e. The molecule has 1 amide bonds. The van der Waals surface area contributed by atoms with Gasteiger partial charge in [0.1, 0.15) is 11.3 Å². The SMILES string of the molecule is CCn1c2ccccc2c2cc(NC(=O)COC(=O)c3cn(-c4ccccc4)nc3-c3ccc(C)cc3)ccc21. The van der Waals surface area contributed by atoms with E-state index < -0.39 is 18.5 Å². The van der Waals surface area contributed by atoms with E-state index in [-0.39, 0.29) is 5.56 Å². The second kappa shape index (κ2) is 10.5. The van der Waals surface area contributed by atoms with Crippen LogP contribution in [0.25, 0.3) is 38.8 Å². The Kier molecular flexibility index (Phi) is 6.62. The minimum atomic E-state index is -0.616. The number of esters is 1. The summed E-state index contributed by atoms with van der Waals surface area (Å²) in [7, 11) is 0. The molecule has 0 saturated carbocycles. The number of nitrogens with one attached hydrogen (secondary N) is 1. The molecule has 0 atom stereocenters. The summed E-state index contributed by atoms with van der Waals surface area (Å²) in [6.07, 6.45) is 1.64. The van der Waals surface area contributed by atoms with E-state index in [1.54, 1.807) is 10.9 Å². The van der Waals surface area contributed by atoms with Crippen molar-refractivity contribution in [1.29, 1.82) is 0 Å². The van der Waals surface area contributed by atoms with Crippen molar-refractivity contribution in [3.8, 4) is 16.9 Å². The van der Waals surface area contributed by atoms with Gasteiger partial charge in [-0.25, -0.2) is 9.48 Å². The van der Waals surface area contributed by atoms with Crippen LogP contribution in [0, 0.1) is 6.92 Å². The van der Waals surface area contributed by atoms with Gasteiger partial charge in [0.05, 0.1) is 5.69 Å². The Hall–Kier alpha value is -5.17. The van der Waals surface area contributed by atoms with E-state index in [1.807, 2.05) is 91.9 Å². The topological polar surface area (TPSA) is 78.2 Å². The summed E-state index contributed by atoms with van der Waals surface area (Å²) in [5.41, 5.74) is 6.38. The second-order valence-electron chi connectivity index (χ2n) is 9.66. The maximum atomic E-state index is 13.2. The average molecular weight is 529 g/mol. The molecule has 6 aromatic rings. The molecule has 0 aliphatic carbocycles. The van der Waals surface area contributed by atoms with Crippen molar-refractivity contribution < 1.29 is 14.3 Å². The lowest BCUT2D eigenvalue weighted by atomic mass is 10.1. The number of carbonyl (C=O) groups is 2. The highest BCUT2D eigenvalue weighted by Crippen LogP contribution is 2.31. The maximum absolute atomic E-state index is 13.2. The fraction of sp³-hybridized carbons (Fsp3) is 0.121. The standard InChI is InChI=1S/C33H28N4O3/c1-3-36-29-12-8-7-11-26(29)27-19-24(17-18-30(27)36)34-31(38)21-40-33(39)28-20-37(25-9-5-4-6-10-25)35-32(28)23-15-13-22(2)14-16-23/h4-20H,3,21H2,1-2H3,(H,34,38). The zero-order chi connectivity index (χ0) is 27.6. The predicted octanol–water partition coefficient (Wildman–Crippen LogP) is 6.77. The van der Waals surface area contributed by atoms with Crippen LogP contribution < -0.4 is 5.32 Å². The minimum absolute atomic E-state index is 0.286. The molecule has 0 unspecified atom stereocenters. The molecule has 1 N–H and O–H groups in total. The first kappa shape index (κ1) is 25.1. The van der Waals surface area contributed by atoms with Crippen LogP contribution in [0.1, 0.15) is 22.8 Å². The fourth-order valence-electron chi connectivity index (χ4n) is 5.04. The number of ether oxygens (including phenoxy) is 1. The number of amides is 1. The quantitative estimate of drug-likeness (QED) is 0.232. The Morgan fingerprint density at radius 2 is 1.57 bits per heavy atom. The molecule has 7 heteroatoms. The zero-order valence-electron chi connectivity index (χ0n) is 22.3. The third-order valence-corrected chi connectivity index (χ3v) is 6.99. The van der Waals surface area contributed by atoms with Crippen LogP contribution in [0.5, 0.6) is 0 Å². The van der Waals surface area contributed by atoms with Gasteiger partial charge < -0.3 is 14.6 Å². The van der Waals surface area contributed by atoms with Gasteiger partial charge in [-0.05, 0) is 50.2 Å². The van der Waals surface area contributed by atoms with Gasteiger partial charge in [0.2, 0.25) is 0 Å². The molecule has 40 heavy (non-hydrogen) atoms. The summed E-state index contributed by atoms with van der Waals surface area (Å²) < 4.78 is 9.36. The zero-order valence-corrected chi connectivity index (χ0v) is 22.3. The number of carbonyl (C=O) groups excluding carboxylic acids is 2. The van der Waals surface area contributed by atoms with Crippen molar-refractivity contribution in [1.82, 2.24) is 14.3 Å². The third kappa shape index (κ3) is 4.73. The van der Waals surface area contributed by atoms with Crippen molar-refractivity contribution in [3.05, 3.63) is 114 Å². The normalized spacial score (nSPS) is 11.2. The summed E-state index contributed by atoms with van der Waals surface area (Å²) in [5, 5.41) is 9.73. The summed E-state index contributed by atoms with van der Waals surface area (Å²) in [6, 6.07) is 31.4. The van der Waals surface area contributed by atoms with Gasteiger partial charge >= 0.3 is 5.97 Å². The Morgan fingerprint density at radius 3 is 2.35 bits per heavy atom. The number of benzene rings is 4.